The van der Waals surface area contributed by atoms with Crippen LogP contribution in [0, 0.1) is 0 Å². The number of ether oxygens (including phenoxy) is 2. The van der Waals surface area contributed by atoms with Crippen molar-refractivity contribution in [3.8, 4) is 0 Å². The predicted octanol–water partition coefficient (Wildman–Crippen LogP) is 6.17. The Kier molecular flexibility index (Phi) is 9.15. The van der Waals surface area contributed by atoms with Gasteiger partial charge in [-0.1, -0.05) is 77.6 Å². The van der Waals surface area contributed by atoms with Gasteiger partial charge in [0.05, 0.1) is 12.2 Å². The van der Waals surface area contributed by atoms with E-state index < -0.39 is 11.4 Å². The molecule has 0 amide bonds. The maximum Gasteiger partial charge on any atom is 0.178 e. The van der Waals surface area contributed by atoms with Crippen LogP contribution in [0.5, 0.6) is 0 Å². The van der Waals surface area contributed by atoms with Crippen LogP contribution in [0.1, 0.15) is 110 Å². The molecular formula is C26H42O4. The van der Waals surface area contributed by atoms with E-state index >= 15 is 0 Å². The lowest BCUT2D eigenvalue weighted by Crippen LogP contribution is -2.47. The van der Waals surface area contributed by atoms with Gasteiger partial charge in [0.1, 0.15) is 5.60 Å². The summed E-state index contributed by atoms with van der Waals surface area (Å²) in [4.78, 5) is 11.5. The molecule has 4 nitrogen and oxygen atoms in total. The van der Waals surface area contributed by atoms with Crippen LogP contribution in [0.15, 0.2) is 24.3 Å². The molecule has 1 aliphatic carbocycles. The maximum absolute atomic E-state index is 11.5. The first-order valence-corrected chi connectivity index (χ1v) is 12.5. The zero-order valence-corrected chi connectivity index (χ0v) is 18.9. The van der Waals surface area contributed by atoms with E-state index in [2.05, 4.69) is 6.92 Å². The van der Waals surface area contributed by atoms with Crippen LogP contribution < -0.4 is 0 Å². The fourth-order valence-electron chi connectivity index (χ4n) is 5.21. The second-order valence-corrected chi connectivity index (χ2v) is 9.69. The van der Waals surface area contributed by atoms with Crippen LogP contribution in [0.3, 0.4) is 0 Å². The minimum Gasteiger partial charge on any atom is -0.393 e. The molecule has 2 aliphatic heterocycles. The van der Waals surface area contributed by atoms with Crippen molar-refractivity contribution in [1.29, 1.82) is 0 Å². The molecule has 0 saturated carbocycles. The Bertz CT molecular complexity index is 580. The van der Waals surface area contributed by atoms with Crippen molar-refractivity contribution in [3.63, 3.8) is 0 Å². The topological polar surface area (TPSA) is 55.8 Å². The van der Waals surface area contributed by atoms with E-state index in [0.29, 0.717) is 12.8 Å². The number of allylic oxidation sites excluding steroid dienone is 2. The van der Waals surface area contributed by atoms with E-state index in [-0.39, 0.29) is 18.0 Å². The van der Waals surface area contributed by atoms with Crippen molar-refractivity contribution in [3.05, 3.63) is 24.3 Å². The highest BCUT2D eigenvalue weighted by Crippen LogP contribution is 2.47. The average molecular weight is 419 g/mol. The largest absolute Gasteiger partial charge is 0.393 e. The Hall–Kier alpha value is -0.970. The zero-order valence-electron chi connectivity index (χ0n) is 18.9. The van der Waals surface area contributed by atoms with Crippen LogP contribution in [-0.4, -0.2) is 34.5 Å². The molecular weight excluding hydrogens is 376 g/mol. The van der Waals surface area contributed by atoms with Gasteiger partial charge < -0.3 is 14.6 Å². The summed E-state index contributed by atoms with van der Waals surface area (Å²) in [5.41, 5.74) is -0.536. The van der Waals surface area contributed by atoms with E-state index in [0.717, 1.165) is 25.7 Å². The molecule has 1 unspecified atom stereocenters. The number of unbranched alkanes of at least 4 members (excludes halogenated alkanes) is 10. The highest BCUT2D eigenvalue weighted by atomic mass is 16.7. The molecule has 0 aromatic carbocycles. The predicted molar refractivity (Wildman–Crippen MR) is 120 cm³/mol. The van der Waals surface area contributed by atoms with Crippen molar-refractivity contribution in [2.75, 3.05) is 0 Å². The van der Waals surface area contributed by atoms with Crippen LogP contribution in [0.4, 0.5) is 0 Å². The Morgan fingerprint density at radius 2 is 1.53 bits per heavy atom. The number of rotatable bonds is 12. The third-order valence-electron chi connectivity index (χ3n) is 6.92. The molecule has 2 heterocycles. The Balaban J connectivity index is 1.31. The number of ketones is 1. The van der Waals surface area contributed by atoms with Crippen molar-refractivity contribution in [1.82, 2.24) is 0 Å². The summed E-state index contributed by atoms with van der Waals surface area (Å²) in [6, 6.07) is 0. The first-order chi connectivity index (χ1) is 14.5. The average Bonchev–Trinajstić information content (AvgIpc) is 3.05. The molecule has 0 aromatic rings. The molecule has 0 aromatic heterocycles. The first-order valence-electron chi connectivity index (χ1n) is 12.5. The minimum absolute atomic E-state index is 0.00384. The third kappa shape index (κ3) is 7.03. The summed E-state index contributed by atoms with van der Waals surface area (Å²) >= 11 is 0. The molecule has 2 saturated heterocycles. The number of aliphatic hydroxyl groups excluding tert-OH is 1. The summed E-state index contributed by atoms with van der Waals surface area (Å²) in [6.45, 7) is 2.27. The molecule has 0 bridgehead atoms. The molecule has 1 N–H and O–H groups in total. The van der Waals surface area contributed by atoms with E-state index in [1.54, 1.807) is 12.2 Å². The van der Waals surface area contributed by atoms with Crippen LogP contribution in [0.25, 0.3) is 0 Å². The number of aliphatic hydroxyl groups is 1. The van der Waals surface area contributed by atoms with Gasteiger partial charge in [0.25, 0.3) is 0 Å². The summed E-state index contributed by atoms with van der Waals surface area (Å²) < 4.78 is 12.8. The van der Waals surface area contributed by atoms with Crippen molar-refractivity contribution in [2.24, 2.45) is 0 Å². The molecule has 2 fully saturated rings. The van der Waals surface area contributed by atoms with Gasteiger partial charge in [0.2, 0.25) is 0 Å². The van der Waals surface area contributed by atoms with Crippen molar-refractivity contribution < 1.29 is 19.4 Å². The van der Waals surface area contributed by atoms with E-state index in [4.69, 9.17) is 9.47 Å². The normalized spacial score (nSPS) is 30.0. The SMILES string of the molecule is CCCCCCCCCCCCC[C@@H]1CC(O)C[C@]2(CCC3(C=CC(=O)C=C3)O2)O1. The molecule has 3 aliphatic rings. The summed E-state index contributed by atoms with van der Waals surface area (Å²) in [7, 11) is 0. The van der Waals surface area contributed by atoms with Gasteiger partial charge in [0, 0.05) is 12.8 Å². The first kappa shape index (κ1) is 23.7. The van der Waals surface area contributed by atoms with Crippen LogP contribution in [0.2, 0.25) is 0 Å². The number of carbonyl (C=O) groups is 1. The van der Waals surface area contributed by atoms with Crippen LogP contribution >= 0.6 is 0 Å². The smallest absolute Gasteiger partial charge is 0.178 e. The van der Waals surface area contributed by atoms with Crippen LogP contribution in [-0.2, 0) is 14.3 Å². The van der Waals surface area contributed by atoms with Gasteiger partial charge >= 0.3 is 0 Å². The van der Waals surface area contributed by atoms with Gasteiger partial charge in [0.15, 0.2) is 11.6 Å². The number of carbonyl (C=O) groups excluding carboxylic acids is 1. The fraction of sp³-hybridized carbons (Fsp3) is 0.808. The summed E-state index contributed by atoms with van der Waals surface area (Å²) in [5, 5.41) is 10.5. The van der Waals surface area contributed by atoms with Gasteiger partial charge in [-0.3, -0.25) is 4.79 Å². The van der Waals surface area contributed by atoms with Gasteiger partial charge in [-0.15, -0.1) is 0 Å². The second kappa shape index (κ2) is 11.6. The molecule has 3 atom stereocenters. The van der Waals surface area contributed by atoms with Crippen molar-refractivity contribution >= 4 is 5.78 Å². The van der Waals surface area contributed by atoms with Gasteiger partial charge in [-0.25, -0.2) is 0 Å². The second-order valence-electron chi connectivity index (χ2n) is 9.69. The monoisotopic (exact) mass is 418 g/mol. The molecule has 3 rings (SSSR count). The highest BCUT2D eigenvalue weighted by Gasteiger charge is 2.52. The Morgan fingerprint density at radius 1 is 0.933 bits per heavy atom. The lowest BCUT2D eigenvalue weighted by molar-refractivity contribution is -0.292. The minimum atomic E-state index is -0.699. The number of hydrogen-bond acceptors (Lipinski definition) is 4. The third-order valence-corrected chi connectivity index (χ3v) is 6.92. The molecule has 0 radical (unpaired) electrons. The molecule has 2 spiro atoms. The Labute approximate surface area is 183 Å². The fourth-order valence-corrected chi connectivity index (χ4v) is 5.21. The van der Waals surface area contributed by atoms with E-state index in [1.165, 1.54) is 64.2 Å². The lowest BCUT2D eigenvalue weighted by atomic mass is 9.91. The Morgan fingerprint density at radius 3 is 2.17 bits per heavy atom. The standard InChI is InChI=1S/C26H42O4/c1-2-3-4-5-6-7-8-9-10-11-12-13-24-20-23(28)21-26(29-24)19-18-25(30-26)16-14-22(27)15-17-25/h14-17,23-24,28H,2-13,18-21H2,1H3/t23?,24-,26-/m1/s1. The summed E-state index contributed by atoms with van der Waals surface area (Å²) in [5.74, 6) is -0.695. The van der Waals surface area contributed by atoms with E-state index in [9.17, 15) is 9.90 Å². The zero-order chi connectivity index (χ0) is 21.3. The molecule has 30 heavy (non-hydrogen) atoms. The van der Waals surface area contributed by atoms with Gasteiger partial charge in [-0.05, 0) is 43.6 Å². The summed E-state index contributed by atoms with van der Waals surface area (Å²) in [6.07, 6.45) is 25.1. The number of hydrogen-bond donors (Lipinski definition) is 1. The highest BCUT2D eigenvalue weighted by molar-refractivity contribution is 6.00. The van der Waals surface area contributed by atoms with Gasteiger partial charge in [-0.2, -0.15) is 0 Å². The van der Waals surface area contributed by atoms with Crippen molar-refractivity contribution in [2.45, 2.75) is 133 Å². The van der Waals surface area contributed by atoms with E-state index in [1.807, 2.05) is 12.2 Å². The molecule has 4 heteroatoms. The molecule has 170 valence electrons. The lowest BCUT2D eigenvalue weighted by Gasteiger charge is -2.42. The quantitative estimate of drug-likeness (QED) is 0.385. The maximum atomic E-state index is 11.5.